The molecular weight excluding hydrogens is 572 g/mol. The van der Waals surface area contributed by atoms with Crippen LogP contribution in [0.5, 0.6) is 0 Å². The summed E-state index contributed by atoms with van der Waals surface area (Å²) in [4.78, 5) is 27.5. The van der Waals surface area contributed by atoms with Gasteiger partial charge in [0.05, 0.1) is 11.1 Å². The van der Waals surface area contributed by atoms with Crippen molar-refractivity contribution < 1.29 is 26.3 Å². The molecule has 226 valence electrons. The topological polar surface area (TPSA) is 61.4 Å². The lowest BCUT2D eigenvalue weighted by molar-refractivity contribution is -0.143. The maximum Gasteiger partial charge on any atom is 0.416 e. The molecule has 1 saturated carbocycles. The molecule has 0 spiro atoms. The Morgan fingerprint density at radius 3 is 1.67 bits per heavy atom. The van der Waals surface area contributed by atoms with Gasteiger partial charge in [-0.2, -0.15) is 26.3 Å². The molecule has 2 atom stereocenters. The molecule has 2 N–H and O–H groups in total. The Balaban J connectivity index is 1.43. The molecule has 0 amide bonds. The maximum absolute atomic E-state index is 13.4. The molecule has 0 aromatic heterocycles. The summed E-state index contributed by atoms with van der Waals surface area (Å²) in [6.07, 6.45) is -6.88. The summed E-state index contributed by atoms with van der Waals surface area (Å²) in [5, 5.41) is 5.54. The van der Waals surface area contributed by atoms with Gasteiger partial charge in [0, 0.05) is 30.9 Å². The standard InChI is InChI=1S/C32H29F6N3O2/c33-31(34,35)22-15-23(32(36,37)38)17-24(16-22)39-27-28(30(43)29(27)42)40-25-13-7-8-14-26(25)41(18-20-9-3-1-4-10-20)19-21-11-5-2-6-12-21/h1-6,9-12,15-17,25-26,39-40H,7-8,13-14,18-19H2. The zero-order chi connectivity index (χ0) is 30.8. The summed E-state index contributed by atoms with van der Waals surface area (Å²) < 4.78 is 80.3. The van der Waals surface area contributed by atoms with Gasteiger partial charge in [0.1, 0.15) is 11.4 Å². The maximum atomic E-state index is 13.4. The Morgan fingerprint density at radius 2 is 1.16 bits per heavy atom. The van der Waals surface area contributed by atoms with E-state index in [-0.39, 0.29) is 29.5 Å². The van der Waals surface area contributed by atoms with Crippen molar-refractivity contribution in [2.24, 2.45) is 0 Å². The van der Waals surface area contributed by atoms with E-state index >= 15 is 0 Å². The van der Waals surface area contributed by atoms with Crippen LogP contribution in [-0.4, -0.2) is 17.0 Å². The van der Waals surface area contributed by atoms with Crippen LogP contribution < -0.4 is 21.5 Å². The zero-order valence-corrected chi connectivity index (χ0v) is 22.9. The van der Waals surface area contributed by atoms with Gasteiger partial charge in [-0.1, -0.05) is 73.5 Å². The normalized spacial score (nSPS) is 17.7. The van der Waals surface area contributed by atoms with Crippen molar-refractivity contribution in [1.82, 2.24) is 4.90 Å². The average Bonchev–Trinajstić information content (AvgIpc) is 2.98. The smallest absolute Gasteiger partial charge is 0.376 e. The van der Waals surface area contributed by atoms with Crippen molar-refractivity contribution in [3.63, 3.8) is 0 Å². The fraction of sp³-hybridized carbons (Fsp3) is 0.312. The number of nitrogens with zero attached hydrogens (tertiary/aromatic N) is 1. The van der Waals surface area contributed by atoms with Crippen LogP contribution in [0.4, 0.5) is 43.4 Å². The van der Waals surface area contributed by atoms with Gasteiger partial charge < -0.3 is 10.6 Å². The van der Waals surface area contributed by atoms with Gasteiger partial charge in [0.25, 0.3) is 10.9 Å². The van der Waals surface area contributed by atoms with Crippen LogP contribution in [0.25, 0.3) is 0 Å². The number of benzene rings is 3. The minimum Gasteiger partial charge on any atom is -0.376 e. The van der Waals surface area contributed by atoms with Crippen molar-refractivity contribution in [2.75, 3.05) is 10.6 Å². The Hall–Kier alpha value is -4.12. The molecule has 4 aromatic carbocycles. The van der Waals surface area contributed by atoms with E-state index in [1.165, 1.54) is 0 Å². The molecular formula is C32H29F6N3O2. The Morgan fingerprint density at radius 1 is 0.674 bits per heavy atom. The van der Waals surface area contributed by atoms with E-state index in [9.17, 15) is 35.9 Å². The van der Waals surface area contributed by atoms with E-state index in [0.29, 0.717) is 31.6 Å². The number of anilines is 3. The minimum absolute atomic E-state index is 0.00710. The van der Waals surface area contributed by atoms with Crippen molar-refractivity contribution in [3.8, 4) is 0 Å². The van der Waals surface area contributed by atoms with Gasteiger partial charge in [0.15, 0.2) is 0 Å². The Bertz CT molecular complexity index is 1540. The lowest BCUT2D eigenvalue weighted by Gasteiger charge is -2.41. The fourth-order valence-electron chi connectivity index (χ4n) is 5.65. The number of hydrogen-bond acceptors (Lipinski definition) is 5. The van der Waals surface area contributed by atoms with Gasteiger partial charge in [-0.25, -0.2) is 0 Å². The van der Waals surface area contributed by atoms with Crippen LogP contribution in [0.1, 0.15) is 47.9 Å². The second kappa shape index (κ2) is 12.2. The third-order valence-electron chi connectivity index (χ3n) is 7.75. The van der Waals surface area contributed by atoms with E-state index in [1.807, 2.05) is 60.7 Å². The average molecular weight is 602 g/mol. The van der Waals surface area contributed by atoms with E-state index < -0.39 is 40.0 Å². The fourth-order valence-corrected chi connectivity index (χ4v) is 5.65. The number of hydrogen-bond donors (Lipinski definition) is 2. The van der Waals surface area contributed by atoms with Crippen LogP contribution in [0.3, 0.4) is 0 Å². The van der Waals surface area contributed by atoms with Crippen LogP contribution in [0.2, 0.25) is 0 Å². The van der Waals surface area contributed by atoms with Gasteiger partial charge in [-0.05, 0) is 42.2 Å². The molecule has 5 nitrogen and oxygen atoms in total. The highest BCUT2D eigenvalue weighted by atomic mass is 19.4. The van der Waals surface area contributed by atoms with E-state index in [4.69, 9.17) is 0 Å². The summed E-state index contributed by atoms with van der Waals surface area (Å²) >= 11 is 0. The van der Waals surface area contributed by atoms with E-state index in [2.05, 4.69) is 15.5 Å². The lowest BCUT2D eigenvalue weighted by atomic mass is 9.88. The third kappa shape index (κ3) is 7.10. The summed E-state index contributed by atoms with van der Waals surface area (Å²) in [6.45, 7) is 1.22. The second-order valence-corrected chi connectivity index (χ2v) is 10.8. The zero-order valence-electron chi connectivity index (χ0n) is 22.9. The Kier molecular flexibility index (Phi) is 8.64. The molecule has 1 aliphatic rings. The third-order valence-corrected chi connectivity index (χ3v) is 7.75. The first-order valence-corrected chi connectivity index (χ1v) is 13.9. The molecule has 0 saturated heterocycles. The van der Waals surface area contributed by atoms with Crippen molar-refractivity contribution in [1.29, 1.82) is 0 Å². The SMILES string of the molecule is O=c1c(Nc2cc(C(F)(F)F)cc(C(F)(F)F)c2)c(NC2CCCCC2N(Cc2ccccc2)Cc2ccccc2)c1=O. The largest absolute Gasteiger partial charge is 0.416 e. The quantitative estimate of drug-likeness (QED) is 0.154. The molecule has 0 radical (unpaired) electrons. The van der Waals surface area contributed by atoms with E-state index in [0.717, 1.165) is 30.4 Å². The molecule has 0 aliphatic heterocycles. The highest BCUT2D eigenvalue weighted by Gasteiger charge is 2.38. The van der Waals surface area contributed by atoms with Gasteiger partial charge in [-0.15, -0.1) is 0 Å². The predicted octanol–water partition coefficient (Wildman–Crippen LogP) is 7.49. The summed E-state index contributed by atoms with van der Waals surface area (Å²) in [5.41, 5.74) is -3.82. The van der Waals surface area contributed by atoms with Crippen molar-refractivity contribution in [3.05, 3.63) is 122 Å². The van der Waals surface area contributed by atoms with Gasteiger partial charge in [0.2, 0.25) is 0 Å². The summed E-state index contributed by atoms with van der Waals surface area (Å²) in [7, 11) is 0. The van der Waals surface area contributed by atoms with Crippen LogP contribution in [0, 0.1) is 0 Å². The second-order valence-electron chi connectivity index (χ2n) is 10.8. The molecule has 43 heavy (non-hydrogen) atoms. The summed E-state index contributed by atoms with van der Waals surface area (Å²) in [5.74, 6) is 0. The molecule has 2 unspecified atom stereocenters. The molecule has 0 bridgehead atoms. The molecule has 0 heterocycles. The van der Waals surface area contributed by atoms with E-state index in [1.54, 1.807) is 0 Å². The molecule has 4 aromatic rings. The molecule has 5 rings (SSSR count). The number of nitrogens with one attached hydrogen (secondary N) is 2. The Labute approximate surface area is 243 Å². The molecule has 1 aliphatic carbocycles. The van der Waals surface area contributed by atoms with Crippen LogP contribution in [0.15, 0.2) is 88.5 Å². The van der Waals surface area contributed by atoms with Crippen LogP contribution >= 0.6 is 0 Å². The molecule has 1 fully saturated rings. The van der Waals surface area contributed by atoms with Gasteiger partial charge in [-0.3, -0.25) is 14.5 Å². The van der Waals surface area contributed by atoms with Gasteiger partial charge >= 0.3 is 12.4 Å². The predicted molar refractivity (Wildman–Crippen MR) is 153 cm³/mol. The minimum atomic E-state index is -5.05. The number of alkyl halides is 6. The summed E-state index contributed by atoms with van der Waals surface area (Å²) in [6, 6.07) is 20.4. The lowest BCUT2D eigenvalue weighted by Crippen LogP contribution is -2.50. The highest BCUT2D eigenvalue weighted by Crippen LogP contribution is 2.39. The highest BCUT2D eigenvalue weighted by molar-refractivity contribution is 5.79. The molecule has 11 heteroatoms. The first kappa shape index (κ1) is 30.3. The first-order valence-electron chi connectivity index (χ1n) is 13.9. The van der Waals surface area contributed by atoms with Crippen molar-refractivity contribution >= 4 is 17.1 Å². The number of halogens is 6. The van der Waals surface area contributed by atoms with Crippen LogP contribution in [-0.2, 0) is 25.4 Å². The monoisotopic (exact) mass is 601 g/mol. The number of rotatable bonds is 9. The van der Waals surface area contributed by atoms with Crippen molar-refractivity contribution in [2.45, 2.75) is 63.2 Å². The first-order chi connectivity index (χ1) is 20.4.